The van der Waals surface area contributed by atoms with E-state index in [0.717, 1.165) is 5.06 Å². The maximum Gasteiger partial charge on any atom is 0.340 e. The minimum Gasteiger partial charge on any atom is -0.478 e. The molecule has 1 amide bonds. The first kappa shape index (κ1) is 13.5. The van der Waals surface area contributed by atoms with E-state index >= 15 is 0 Å². The summed E-state index contributed by atoms with van der Waals surface area (Å²) in [5.74, 6) is -1.96. The van der Waals surface area contributed by atoms with Crippen LogP contribution in [0.3, 0.4) is 0 Å². The van der Waals surface area contributed by atoms with Gasteiger partial charge >= 0.3 is 5.97 Å². The van der Waals surface area contributed by atoms with Gasteiger partial charge in [-0.25, -0.2) is 4.79 Å². The van der Waals surface area contributed by atoms with Crippen molar-refractivity contribution in [2.24, 2.45) is 0 Å². The Hall–Kier alpha value is -3.12. The number of aliphatic carboxylic acids is 1. The minimum absolute atomic E-state index is 0.0385. The van der Waals surface area contributed by atoms with Crippen molar-refractivity contribution in [3.05, 3.63) is 76.9 Å². The van der Waals surface area contributed by atoms with E-state index in [9.17, 15) is 19.8 Å². The fourth-order valence-corrected chi connectivity index (χ4v) is 3.01. The molecule has 1 atom stereocenters. The third-order valence-electron chi connectivity index (χ3n) is 4.02. The average Bonchev–Trinajstić information content (AvgIpc) is 2.99. The number of carbonyl (C=O) groups excluding carboxylic acids is 1. The van der Waals surface area contributed by atoms with Crippen molar-refractivity contribution < 1.29 is 24.6 Å². The van der Waals surface area contributed by atoms with Crippen LogP contribution in [0.5, 0.6) is 0 Å². The van der Waals surface area contributed by atoms with Gasteiger partial charge in [0.25, 0.3) is 5.91 Å². The summed E-state index contributed by atoms with van der Waals surface area (Å²) >= 11 is 0. The summed E-state index contributed by atoms with van der Waals surface area (Å²) in [6, 6.07) is 14.8. The quantitative estimate of drug-likeness (QED) is 0.882. The number of carboxylic acids is 1. The first-order valence-corrected chi connectivity index (χ1v) is 6.93. The van der Waals surface area contributed by atoms with Crippen molar-refractivity contribution in [3.63, 3.8) is 0 Å². The molecule has 2 aromatic rings. The first-order valence-electron chi connectivity index (χ1n) is 6.93. The normalized spacial score (nSPS) is 22.0. The lowest BCUT2D eigenvalue weighted by Crippen LogP contribution is -2.41. The topological polar surface area (TPSA) is 87.1 Å². The van der Waals surface area contributed by atoms with E-state index < -0.39 is 17.6 Å². The van der Waals surface area contributed by atoms with E-state index in [-0.39, 0.29) is 22.5 Å². The van der Waals surface area contributed by atoms with Crippen LogP contribution in [0.1, 0.15) is 21.5 Å². The lowest BCUT2D eigenvalue weighted by atomic mass is 9.92. The van der Waals surface area contributed by atoms with Crippen LogP contribution in [-0.4, -0.2) is 27.2 Å². The Kier molecular flexibility index (Phi) is 2.61. The van der Waals surface area contributed by atoms with Gasteiger partial charge in [0, 0.05) is 11.1 Å². The number of rotatable bonds is 2. The number of amides is 1. The molecule has 0 bridgehead atoms. The fraction of sp³-hybridized carbons (Fsp3) is 0.0588. The Bertz CT molecular complexity index is 874. The largest absolute Gasteiger partial charge is 0.478 e. The number of carbonyl (C=O) groups is 2. The predicted molar refractivity (Wildman–Crippen MR) is 78.6 cm³/mol. The SMILES string of the molecule is O=C(O)C1=C(c2ccccc2)ON2C(=O)c3ccccc3C12O. The summed E-state index contributed by atoms with van der Waals surface area (Å²) in [6.45, 7) is 0. The van der Waals surface area contributed by atoms with Gasteiger partial charge in [-0.3, -0.25) is 4.79 Å². The number of hydrogen-bond donors (Lipinski definition) is 2. The molecule has 0 aromatic heterocycles. The lowest BCUT2D eigenvalue weighted by molar-refractivity contribution is -0.182. The van der Waals surface area contributed by atoms with Gasteiger partial charge in [0.1, 0.15) is 5.57 Å². The van der Waals surface area contributed by atoms with Gasteiger partial charge in [-0.2, -0.15) is 0 Å². The fourth-order valence-electron chi connectivity index (χ4n) is 3.01. The molecule has 6 nitrogen and oxygen atoms in total. The van der Waals surface area contributed by atoms with Crippen molar-refractivity contribution in [2.75, 3.05) is 0 Å². The van der Waals surface area contributed by atoms with Crippen LogP contribution in [0.25, 0.3) is 5.76 Å². The second-order valence-corrected chi connectivity index (χ2v) is 5.28. The Morgan fingerprint density at radius 2 is 1.70 bits per heavy atom. The van der Waals surface area contributed by atoms with Crippen molar-refractivity contribution in [3.8, 4) is 0 Å². The van der Waals surface area contributed by atoms with Crippen molar-refractivity contribution in [1.29, 1.82) is 0 Å². The van der Waals surface area contributed by atoms with Crippen molar-refractivity contribution in [1.82, 2.24) is 5.06 Å². The number of hydroxylamine groups is 2. The highest BCUT2D eigenvalue weighted by Crippen LogP contribution is 2.50. The number of nitrogens with zero attached hydrogens (tertiary/aromatic N) is 1. The lowest BCUT2D eigenvalue weighted by Gasteiger charge is -2.24. The molecule has 0 aliphatic carbocycles. The number of carboxylic acid groups (broad SMARTS) is 1. The second kappa shape index (κ2) is 4.44. The number of fused-ring (bicyclic) bond motifs is 3. The molecule has 2 N–H and O–H groups in total. The van der Waals surface area contributed by atoms with E-state index in [0.29, 0.717) is 5.56 Å². The average molecular weight is 309 g/mol. The first-order chi connectivity index (χ1) is 11.0. The van der Waals surface area contributed by atoms with Crippen LogP contribution >= 0.6 is 0 Å². The van der Waals surface area contributed by atoms with Gasteiger partial charge in [0.2, 0.25) is 5.72 Å². The highest BCUT2D eigenvalue weighted by molar-refractivity contribution is 6.06. The molecule has 23 heavy (non-hydrogen) atoms. The van der Waals surface area contributed by atoms with Crippen molar-refractivity contribution in [2.45, 2.75) is 5.72 Å². The van der Waals surface area contributed by atoms with E-state index in [1.165, 1.54) is 12.1 Å². The molecule has 0 saturated carbocycles. The van der Waals surface area contributed by atoms with Crippen LogP contribution in [0.4, 0.5) is 0 Å². The summed E-state index contributed by atoms with van der Waals surface area (Å²) in [5.41, 5.74) is -1.61. The summed E-state index contributed by atoms with van der Waals surface area (Å²) < 4.78 is 0. The van der Waals surface area contributed by atoms with Gasteiger partial charge in [-0.15, -0.1) is 5.06 Å². The van der Waals surface area contributed by atoms with E-state index in [4.69, 9.17) is 4.84 Å². The Balaban J connectivity index is 2.00. The Labute approximate surface area is 130 Å². The molecule has 0 radical (unpaired) electrons. The van der Waals surface area contributed by atoms with Gasteiger partial charge in [-0.1, -0.05) is 48.5 Å². The van der Waals surface area contributed by atoms with E-state index in [1.54, 1.807) is 42.5 Å². The smallest absolute Gasteiger partial charge is 0.340 e. The molecule has 0 fully saturated rings. The summed E-state index contributed by atoms with van der Waals surface area (Å²) in [5, 5.41) is 21.4. The molecule has 2 aliphatic rings. The van der Waals surface area contributed by atoms with Crippen LogP contribution in [-0.2, 0) is 15.4 Å². The molecule has 4 rings (SSSR count). The maximum absolute atomic E-state index is 12.4. The summed E-state index contributed by atoms with van der Waals surface area (Å²) in [4.78, 5) is 29.7. The van der Waals surface area contributed by atoms with Crippen LogP contribution in [0.2, 0.25) is 0 Å². The van der Waals surface area contributed by atoms with Gasteiger partial charge in [0.15, 0.2) is 5.76 Å². The van der Waals surface area contributed by atoms with Crippen LogP contribution < -0.4 is 0 Å². The molecule has 2 aromatic carbocycles. The molecular formula is C17H11NO5. The van der Waals surface area contributed by atoms with Crippen molar-refractivity contribution >= 4 is 17.6 Å². The summed E-state index contributed by atoms with van der Waals surface area (Å²) in [6.07, 6.45) is 0. The maximum atomic E-state index is 12.4. The van der Waals surface area contributed by atoms with Gasteiger partial charge in [0.05, 0.1) is 5.56 Å². The third-order valence-corrected chi connectivity index (χ3v) is 4.02. The highest BCUT2D eigenvalue weighted by atomic mass is 16.7. The molecule has 2 heterocycles. The number of hydrogen-bond acceptors (Lipinski definition) is 4. The minimum atomic E-state index is -2.13. The van der Waals surface area contributed by atoms with E-state index in [2.05, 4.69) is 0 Å². The molecule has 0 spiro atoms. The van der Waals surface area contributed by atoms with Gasteiger partial charge in [-0.05, 0) is 6.07 Å². The monoisotopic (exact) mass is 309 g/mol. The molecule has 0 saturated heterocycles. The van der Waals surface area contributed by atoms with Gasteiger partial charge < -0.3 is 15.1 Å². The predicted octanol–water partition coefficient (Wildman–Crippen LogP) is 1.73. The molecule has 114 valence electrons. The summed E-state index contributed by atoms with van der Waals surface area (Å²) in [7, 11) is 0. The Morgan fingerprint density at radius 3 is 2.39 bits per heavy atom. The highest BCUT2D eigenvalue weighted by Gasteiger charge is 2.61. The zero-order chi connectivity index (χ0) is 16.2. The molecule has 6 heteroatoms. The zero-order valence-corrected chi connectivity index (χ0v) is 11.8. The van der Waals surface area contributed by atoms with E-state index in [1.807, 2.05) is 0 Å². The standard InChI is InChI=1S/C17H11NO5/c19-15-11-8-4-5-9-12(11)17(22)13(16(20)21)14(23-18(15)17)10-6-2-1-3-7-10/h1-9,22H,(H,20,21). The molecular weight excluding hydrogens is 298 g/mol. The number of aliphatic hydroxyl groups is 1. The molecule has 1 unspecified atom stereocenters. The zero-order valence-electron chi connectivity index (χ0n) is 11.8. The van der Waals surface area contributed by atoms with Crippen LogP contribution in [0, 0.1) is 0 Å². The Morgan fingerprint density at radius 1 is 1.04 bits per heavy atom. The van der Waals surface area contributed by atoms with Crippen LogP contribution in [0.15, 0.2) is 60.2 Å². The molecule has 2 aliphatic heterocycles. The third kappa shape index (κ3) is 1.61. The second-order valence-electron chi connectivity index (χ2n) is 5.28. The number of benzene rings is 2.